The van der Waals surface area contributed by atoms with Crippen molar-refractivity contribution in [2.75, 3.05) is 12.8 Å². The van der Waals surface area contributed by atoms with E-state index in [0.29, 0.717) is 10.8 Å². The second-order valence-electron chi connectivity index (χ2n) is 4.44. The molecule has 3 heteroatoms. The van der Waals surface area contributed by atoms with Crippen molar-refractivity contribution in [3.05, 3.63) is 21.9 Å². The van der Waals surface area contributed by atoms with E-state index in [2.05, 4.69) is 37.6 Å². The molecule has 0 amide bonds. The van der Waals surface area contributed by atoms with E-state index in [1.807, 2.05) is 23.1 Å². The van der Waals surface area contributed by atoms with E-state index in [0.717, 1.165) is 6.54 Å². The van der Waals surface area contributed by atoms with Gasteiger partial charge in [0.2, 0.25) is 0 Å². The predicted molar refractivity (Wildman–Crippen MR) is 71.0 cm³/mol. The Bertz CT molecular complexity index is 328. The average molecular weight is 241 g/mol. The summed E-state index contributed by atoms with van der Waals surface area (Å²) < 4.78 is 0.570. The molecule has 0 saturated heterocycles. The van der Waals surface area contributed by atoms with Gasteiger partial charge in [-0.15, -0.1) is 11.3 Å². The van der Waals surface area contributed by atoms with Gasteiger partial charge in [-0.05, 0) is 45.1 Å². The minimum Gasteiger partial charge on any atom is -0.308 e. The van der Waals surface area contributed by atoms with Gasteiger partial charge in [-0.1, -0.05) is 0 Å². The van der Waals surface area contributed by atoms with Crippen LogP contribution in [0.1, 0.15) is 35.6 Å². The minimum atomic E-state index is 0.508. The molecule has 84 valence electrons. The molecule has 0 aromatic carbocycles. The Morgan fingerprint density at radius 3 is 2.73 bits per heavy atom. The van der Waals surface area contributed by atoms with E-state index in [1.165, 1.54) is 22.6 Å². The number of hydrogen-bond acceptors (Lipinski definition) is 3. The molecule has 0 radical (unpaired) electrons. The number of aryl methyl sites for hydroxylation is 1. The van der Waals surface area contributed by atoms with Gasteiger partial charge in [0, 0.05) is 27.1 Å². The van der Waals surface area contributed by atoms with Crippen LogP contribution in [0.15, 0.2) is 12.1 Å². The largest absolute Gasteiger partial charge is 0.308 e. The van der Waals surface area contributed by atoms with Gasteiger partial charge in [-0.2, -0.15) is 11.8 Å². The molecule has 1 nitrogen and oxygen atoms in total. The fourth-order valence-electron chi connectivity index (χ4n) is 1.72. The van der Waals surface area contributed by atoms with Crippen LogP contribution in [0.25, 0.3) is 0 Å². The molecule has 0 bridgehead atoms. The lowest BCUT2D eigenvalue weighted by Crippen LogP contribution is -2.27. The molecule has 1 aromatic heterocycles. The van der Waals surface area contributed by atoms with E-state index in [1.54, 1.807) is 0 Å². The number of thiophene rings is 1. The average Bonchev–Trinajstić information content (AvgIpc) is 2.90. The molecule has 0 spiro atoms. The minimum absolute atomic E-state index is 0.508. The van der Waals surface area contributed by atoms with Crippen LogP contribution in [-0.2, 0) is 0 Å². The summed E-state index contributed by atoms with van der Waals surface area (Å²) in [6, 6.07) is 4.96. The molecular weight excluding hydrogens is 222 g/mol. The molecule has 1 aromatic rings. The second-order valence-corrected chi connectivity index (χ2v) is 7.03. The summed E-state index contributed by atoms with van der Waals surface area (Å²) in [6.45, 7) is 5.60. The second kappa shape index (κ2) is 4.48. The Morgan fingerprint density at radius 1 is 1.53 bits per heavy atom. The summed E-state index contributed by atoms with van der Waals surface area (Å²) >= 11 is 3.93. The smallest absolute Gasteiger partial charge is 0.0386 e. The summed E-state index contributed by atoms with van der Waals surface area (Å²) in [5, 5.41) is 3.66. The zero-order valence-corrected chi connectivity index (χ0v) is 11.3. The van der Waals surface area contributed by atoms with Crippen molar-refractivity contribution < 1.29 is 0 Å². The first-order valence-electron chi connectivity index (χ1n) is 5.50. The Morgan fingerprint density at radius 2 is 2.27 bits per heavy atom. The van der Waals surface area contributed by atoms with Crippen molar-refractivity contribution in [2.45, 2.75) is 37.5 Å². The normalized spacial score (nSPS) is 20.2. The lowest BCUT2D eigenvalue weighted by atomic mass is 10.2. The summed E-state index contributed by atoms with van der Waals surface area (Å²) in [7, 11) is 0. The van der Waals surface area contributed by atoms with Crippen LogP contribution in [-0.4, -0.2) is 17.5 Å². The third-order valence-corrected chi connectivity index (χ3v) is 5.76. The first kappa shape index (κ1) is 11.5. The van der Waals surface area contributed by atoms with Gasteiger partial charge in [0.05, 0.1) is 0 Å². The monoisotopic (exact) mass is 241 g/mol. The van der Waals surface area contributed by atoms with Crippen LogP contribution in [0, 0.1) is 6.92 Å². The highest BCUT2D eigenvalue weighted by Crippen LogP contribution is 2.46. The molecule has 0 aliphatic heterocycles. The Balaban J connectivity index is 1.85. The standard InChI is InChI=1S/C12H19NS2/c1-9-4-5-11(15-9)10(2)13-8-12(14-3)6-7-12/h4-5,10,13H,6-8H2,1-3H3. The van der Waals surface area contributed by atoms with Gasteiger partial charge in [0.15, 0.2) is 0 Å². The molecule has 2 rings (SSSR count). The van der Waals surface area contributed by atoms with E-state index in [-0.39, 0.29) is 0 Å². The van der Waals surface area contributed by atoms with Gasteiger partial charge in [-0.25, -0.2) is 0 Å². The van der Waals surface area contributed by atoms with Gasteiger partial charge < -0.3 is 5.32 Å². The summed E-state index contributed by atoms with van der Waals surface area (Å²) in [5.74, 6) is 0. The molecule has 1 aliphatic carbocycles. The Hall–Kier alpha value is 0.01000. The van der Waals surface area contributed by atoms with Crippen molar-refractivity contribution >= 4 is 23.1 Å². The summed E-state index contributed by atoms with van der Waals surface area (Å²) in [4.78, 5) is 2.87. The van der Waals surface area contributed by atoms with Gasteiger partial charge in [-0.3, -0.25) is 0 Å². The van der Waals surface area contributed by atoms with E-state index >= 15 is 0 Å². The number of rotatable bonds is 5. The van der Waals surface area contributed by atoms with Gasteiger partial charge >= 0.3 is 0 Å². The first-order chi connectivity index (χ1) is 7.15. The number of thioether (sulfide) groups is 1. The molecule has 1 saturated carbocycles. The number of hydrogen-bond donors (Lipinski definition) is 1. The lowest BCUT2D eigenvalue weighted by molar-refractivity contribution is 0.570. The molecule has 1 unspecified atom stereocenters. The van der Waals surface area contributed by atoms with Crippen LogP contribution < -0.4 is 5.32 Å². The molecule has 1 heterocycles. The topological polar surface area (TPSA) is 12.0 Å². The summed E-state index contributed by atoms with van der Waals surface area (Å²) in [6.07, 6.45) is 5.00. The quantitative estimate of drug-likeness (QED) is 0.845. The van der Waals surface area contributed by atoms with Crippen molar-refractivity contribution in [3.63, 3.8) is 0 Å². The molecule has 15 heavy (non-hydrogen) atoms. The predicted octanol–water partition coefficient (Wildman–Crippen LogP) is 3.60. The van der Waals surface area contributed by atoms with Crippen LogP contribution in [0.3, 0.4) is 0 Å². The van der Waals surface area contributed by atoms with Crippen molar-refractivity contribution in [3.8, 4) is 0 Å². The van der Waals surface area contributed by atoms with Crippen molar-refractivity contribution in [2.24, 2.45) is 0 Å². The fraction of sp³-hybridized carbons (Fsp3) is 0.667. The third kappa shape index (κ3) is 2.77. The maximum atomic E-state index is 3.66. The highest BCUT2D eigenvalue weighted by molar-refractivity contribution is 8.00. The third-order valence-electron chi connectivity index (χ3n) is 3.16. The highest BCUT2D eigenvalue weighted by Gasteiger charge is 2.41. The first-order valence-corrected chi connectivity index (χ1v) is 7.54. The highest BCUT2D eigenvalue weighted by atomic mass is 32.2. The molecule has 1 aliphatic rings. The Kier molecular flexibility index (Phi) is 3.43. The summed E-state index contributed by atoms with van der Waals surface area (Å²) in [5.41, 5.74) is 0. The zero-order chi connectivity index (χ0) is 10.9. The van der Waals surface area contributed by atoms with E-state index in [4.69, 9.17) is 0 Å². The van der Waals surface area contributed by atoms with Gasteiger partial charge in [0.25, 0.3) is 0 Å². The zero-order valence-electron chi connectivity index (χ0n) is 9.67. The van der Waals surface area contributed by atoms with Crippen molar-refractivity contribution in [1.82, 2.24) is 5.32 Å². The van der Waals surface area contributed by atoms with Crippen LogP contribution in [0.5, 0.6) is 0 Å². The van der Waals surface area contributed by atoms with Crippen LogP contribution in [0.4, 0.5) is 0 Å². The maximum absolute atomic E-state index is 3.66. The molecular formula is C12H19NS2. The lowest BCUT2D eigenvalue weighted by Gasteiger charge is -2.17. The van der Waals surface area contributed by atoms with E-state index < -0.39 is 0 Å². The molecule has 1 fully saturated rings. The SMILES string of the molecule is CSC1(CNC(C)c2ccc(C)s2)CC1. The van der Waals surface area contributed by atoms with E-state index in [9.17, 15) is 0 Å². The number of nitrogens with one attached hydrogen (secondary N) is 1. The van der Waals surface area contributed by atoms with Crippen LogP contribution in [0.2, 0.25) is 0 Å². The molecule has 1 N–H and O–H groups in total. The van der Waals surface area contributed by atoms with Gasteiger partial charge in [0.1, 0.15) is 0 Å². The van der Waals surface area contributed by atoms with Crippen molar-refractivity contribution in [1.29, 1.82) is 0 Å². The van der Waals surface area contributed by atoms with Crippen LogP contribution >= 0.6 is 23.1 Å². The Labute approximate surface area is 101 Å². The maximum Gasteiger partial charge on any atom is 0.0386 e. The molecule has 1 atom stereocenters. The fourth-order valence-corrected chi connectivity index (χ4v) is 3.36.